The van der Waals surface area contributed by atoms with Crippen LogP contribution in [-0.4, -0.2) is 0 Å². The fourth-order valence-electron chi connectivity index (χ4n) is 1.49. The molecule has 0 saturated heterocycles. The fraction of sp³-hybridized carbons (Fsp3) is 0.700. The molecule has 0 aromatic carbocycles. The van der Waals surface area contributed by atoms with Gasteiger partial charge in [-0.1, -0.05) is 25.0 Å². The molecule has 0 atom stereocenters. The molecule has 0 saturated carbocycles. The van der Waals surface area contributed by atoms with Gasteiger partial charge in [-0.15, -0.1) is 0 Å². The molecule has 0 N–H and O–H groups in total. The average Bonchev–Trinajstić information content (AvgIpc) is 2.17. The summed E-state index contributed by atoms with van der Waals surface area (Å²) in [5.74, 6) is 0. The highest BCUT2D eigenvalue weighted by Gasteiger charge is 2.00. The summed E-state index contributed by atoms with van der Waals surface area (Å²) in [4.78, 5) is 0. The van der Waals surface area contributed by atoms with Crippen molar-refractivity contribution in [2.45, 2.75) is 45.4 Å². The largest absolute Gasteiger partial charge is 0.0850 e. The van der Waals surface area contributed by atoms with Crippen LogP contribution in [0.15, 0.2) is 11.6 Å². The summed E-state index contributed by atoms with van der Waals surface area (Å²) in [6, 6.07) is 0. The van der Waals surface area contributed by atoms with Crippen molar-refractivity contribution in [3.8, 4) is 0 Å². The zero-order chi connectivity index (χ0) is 7.23. The van der Waals surface area contributed by atoms with Gasteiger partial charge in [0.05, 0.1) is 0 Å². The molecule has 0 nitrogen and oxygen atoms in total. The van der Waals surface area contributed by atoms with Crippen LogP contribution in [0.2, 0.25) is 0 Å². The van der Waals surface area contributed by atoms with Crippen LogP contribution >= 0.6 is 0 Å². The second kappa shape index (κ2) is 4.54. The molecule has 0 aromatic heterocycles. The van der Waals surface area contributed by atoms with Crippen molar-refractivity contribution in [3.05, 3.63) is 18.1 Å². The highest BCUT2D eigenvalue weighted by Crippen LogP contribution is 2.19. The SMILES string of the molecule is CC[CH]C1=CCCCCC1. The fourth-order valence-corrected chi connectivity index (χ4v) is 1.49. The number of hydrogen-bond acceptors (Lipinski definition) is 0. The molecular weight excluding hydrogens is 120 g/mol. The summed E-state index contributed by atoms with van der Waals surface area (Å²) in [7, 11) is 0. The molecule has 1 radical (unpaired) electrons. The molecule has 0 unspecified atom stereocenters. The van der Waals surface area contributed by atoms with Crippen molar-refractivity contribution in [1.82, 2.24) is 0 Å². The summed E-state index contributed by atoms with van der Waals surface area (Å²) >= 11 is 0. The Balaban J connectivity index is 2.31. The Bertz CT molecular complexity index is 111. The monoisotopic (exact) mass is 137 g/mol. The number of allylic oxidation sites excluding steroid dienone is 2. The molecular formula is C10H17. The van der Waals surface area contributed by atoms with E-state index in [1.165, 1.54) is 38.5 Å². The van der Waals surface area contributed by atoms with E-state index in [1.807, 2.05) is 0 Å². The maximum Gasteiger partial charge on any atom is -0.0140 e. The van der Waals surface area contributed by atoms with E-state index in [9.17, 15) is 0 Å². The van der Waals surface area contributed by atoms with E-state index >= 15 is 0 Å². The Labute approximate surface area is 64.3 Å². The lowest BCUT2D eigenvalue weighted by Gasteiger charge is -2.00. The van der Waals surface area contributed by atoms with Crippen molar-refractivity contribution in [3.63, 3.8) is 0 Å². The molecule has 0 fully saturated rings. The Hall–Kier alpha value is -0.260. The van der Waals surface area contributed by atoms with Gasteiger partial charge in [-0.3, -0.25) is 0 Å². The van der Waals surface area contributed by atoms with Crippen LogP contribution in [0.5, 0.6) is 0 Å². The van der Waals surface area contributed by atoms with Crippen molar-refractivity contribution in [2.75, 3.05) is 0 Å². The lowest BCUT2D eigenvalue weighted by molar-refractivity contribution is 0.710. The highest BCUT2D eigenvalue weighted by molar-refractivity contribution is 5.13. The van der Waals surface area contributed by atoms with Gasteiger partial charge in [0.1, 0.15) is 0 Å². The van der Waals surface area contributed by atoms with Gasteiger partial charge in [0, 0.05) is 0 Å². The normalized spacial score (nSPS) is 19.9. The van der Waals surface area contributed by atoms with Gasteiger partial charge in [0.25, 0.3) is 0 Å². The van der Waals surface area contributed by atoms with Gasteiger partial charge in [0.15, 0.2) is 0 Å². The van der Waals surface area contributed by atoms with Crippen molar-refractivity contribution in [2.24, 2.45) is 0 Å². The predicted octanol–water partition coefficient (Wildman–Crippen LogP) is 3.49. The van der Waals surface area contributed by atoms with E-state index in [-0.39, 0.29) is 0 Å². The van der Waals surface area contributed by atoms with Gasteiger partial charge >= 0.3 is 0 Å². The number of rotatable bonds is 2. The lowest BCUT2D eigenvalue weighted by Crippen LogP contribution is -1.81. The van der Waals surface area contributed by atoms with Gasteiger partial charge in [0.2, 0.25) is 0 Å². The zero-order valence-corrected chi connectivity index (χ0v) is 6.90. The Morgan fingerprint density at radius 3 is 3.10 bits per heavy atom. The standard InChI is InChI=1S/C10H17/c1-2-7-10-8-5-3-4-6-9-10/h7-8H,2-6,9H2,1H3. The smallest absolute Gasteiger partial charge is 0.0140 e. The van der Waals surface area contributed by atoms with E-state index < -0.39 is 0 Å². The molecule has 1 aliphatic rings. The molecule has 0 aliphatic heterocycles. The molecule has 0 heterocycles. The Morgan fingerprint density at radius 2 is 2.30 bits per heavy atom. The van der Waals surface area contributed by atoms with Crippen molar-refractivity contribution in [1.29, 1.82) is 0 Å². The maximum atomic E-state index is 2.41. The summed E-state index contributed by atoms with van der Waals surface area (Å²) in [6.07, 6.45) is 12.9. The van der Waals surface area contributed by atoms with Crippen molar-refractivity contribution < 1.29 is 0 Å². The first-order chi connectivity index (χ1) is 4.93. The minimum atomic E-state index is 1.20. The molecule has 57 valence electrons. The first-order valence-corrected chi connectivity index (χ1v) is 4.45. The average molecular weight is 137 g/mol. The Morgan fingerprint density at radius 1 is 1.40 bits per heavy atom. The van der Waals surface area contributed by atoms with Crippen LogP contribution in [-0.2, 0) is 0 Å². The van der Waals surface area contributed by atoms with Crippen LogP contribution in [0.25, 0.3) is 0 Å². The van der Waals surface area contributed by atoms with Gasteiger partial charge in [-0.25, -0.2) is 0 Å². The van der Waals surface area contributed by atoms with E-state index in [4.69, 9.17) is 0 Å². The molecule has 0 aromatic rings. The van der Waals surface area contributed by atoms with Crippen LogP contribution < -0.4 is 0 Å². The third-order valence-electron chi connectivity index (χ3n) is 2.04. The van der Waals surface area contributed by atoms with E-state index in [0.717, 1.165) is 0 Å². The summed E-state index contributed by atoms with van der Waals surface area (Å²) in [5.41, 5.74) is 1.60. The van der Waals surface area contributed by atoms with Crippen LogP contribution in [0.1, 0.15) is 45.4 Å². The predicted molar refractivity (Wildman–Crippen MR) is 45.8 cm³/mol. The second-order valence-corrected chi connectivity index (χ2v) is 2.99. The van der Waals surface area contributed by atoms with Gasteiger partial charge < -0.3 is 0 Å². The molecule has 1 rings (SSSR count). The maximum absolute atomic E-state index is 2.41. The molecule has 0 amide bonds. The van der Waals surface area contributed by atoms with Crippen LogP contribution in [0.4, 0.5) is 0 Å². The quantitative estimate of drug-likeness (QED) is 0.546. The minimum absolute atomic E-state index is 1.20. The minimum Gasteiger partial charge on any atom is -0.0850 e. The zero-order valence-electron chi connectivity index (χ0n) is 6.90. The van der Waals surface area contributed by atoms with Gasteiger partial charge in [-0.2, -0.15) is 0 Å². The topological polar surface area (TPSA) is 0 Å². The summed E-state index contributed by atoms with van der Waals surface area (Å²) in [6.45, 7) is 2.21. The van der Waals surface area contributed by atoms with Crippen LogP contribution in [0, 0.1) is 6.42 Å². The third kappa shape index (κ3) is 2.55. The summed E-state index contributed by atoms with van der Waals surface area (Å²) in [5, 5.41) is 0. The van der Waals surface area contributed by atoms with Gasteiger partial charge in [-0.05, 0) is 38.5 Å². The highest BCUT2D eigenvalue weighted by atomic mass is 14.1. The summed E-state index contributed by atoms with van der Waals surface area (Å²) < 4.78 is 0. The molecule has 0 bridgehead atoms. The van der Waals surface area contributed by atoms with E-state index in [0.29, 0.717) is 0 Å². The first kappa shape index (κ1) is 7.84. The second-order valence-electron chi connectivity index (χ2n) is 2.99. The number of hydrogen-bond donors (Lipinski definition) is 0. The molecule has 0 heteroatoms. The molecule has 10 heavy (non-hydrogen) atoms. The Kier molecular flexibility index (Phi) is 3.56. The van der Waals surface area contributed by atoms with Crippen LogP contribution in [0.3, 0.4) is 0 Å². The molecule has 1 aliphatic carbocycles. The van der Waals surface area contributed by atoms with E-state index in [1.54, 1.807) is 5.57 Å². The first-order valence-electron chi connectivity index (χ1n) is 4.45. The lowest BCUT2D eigenvalue weighted by atomic mass is 10.1. The third-order valence-corrected chi connectivity index (χ3v) is 2.04. The molecule has 0 spiro atoms. The van der Waals surface area contributed by atoms with Crippen molar-refractivity contribution >= 4 is 0 Å². The van der Waals surface area contributed by atoms with E-state index in [2.05, 4.69) is 19.4 Å².